The van der Waals surface area contributed by atoms with E-state index in [2.05, 4.69) is 5.32 Å². The maximum absolute atomic E-state index is 13.3. The molecular weight excluding hydrogens is 234 g/mol. The fourth-order valence-corrected chi connectivity index (χ4v) is 1.28. The molecule has 0 saturated heterocycles. The highest BCUT2D eigenvalue weighted by Gasteiger charge is 2.16. The second-order valence-corrected chi connectivity index (χ2v) is 3.40. The summed E-state index contributed by atoms with van der Waals surface area (Å²) in [5.41, 5.74) is -1.01. The summed E-state index contributed by atoms with van der Waals surface area (Å²) in [6.07, 6.45) is 1.07. The first kappa shape index (κ1) is 13.3. The third-order valence-corrected chi connectivity index (χ3v) is 2.12. The van der Waals surface area contributed by atoms with Crippen molar-refractivity contribution in [2.45, 2.75) is 12.8 Å². The van der Waals surface area contributed by atoms with E-state index in [9.17, 15) is 18.9 Å². The average molecular weight is 246 g/mol. The number of anilines is 1. The van der Waals surface area contributed by atoms with Gasteiger partial charge in [-0.15, -0.1) is 0 Å². The van der Waals surface area contributed by atoms with E-state index in [1.54, 1.807) is 0 Å². The van der Waals surface area contributed by atoms with Crippen LogP contribution in [0.5, 0.6) is 0 Å². The number of hydrogen-bond donors (Lipinski definition) is 2. The zero-order chi connectivity index (χ0) is 12.8. The molecule has 0 aliphatic rings. The lowest BCUT2D eigenvalue weighted by Gasteiger charge is -2.08. The molecule has 5 nitrogen and oxygen atoms in total. The summed E-state index contributed by atoms with van der Waals surface area (Å²) in [6, 6.07) is 1.33. The lowest BCUT2D eigenvalue weighted by Crippen LogP contribution is -2.07. The number of nitrogens with zero attached hydrogens (tertiary/aromatic N) is 1. The molecule has 94 valence electrons. The summed E-state index contributed by atoms with van der Waals surface area (Å²) in [7, 11) is 0. The van der Waals surface area contributed by atoms with Crippen LogP contribution in [-0.4, -0.2) is 23.2 Å². The molecule has 2 N–H and O–H groups in total. The zero-order valence-electron chi connectivity index (χ0n) is 8.95. The Morgan fingerprint density at radius 2 is 1.88 bits per heavy atom. The highest BCUT2D eigenvalue weighted by Crippen LogP contribution is 2.24. The van der Waals surface area contributed by atoms with Crippen molar-refractivity contribution in [1.82, 2.24) is 0 Å². The van der Waals surface area contributed by atoms with Crippen LogP contribution in [0, 0.1) is 21.7 Å². The molecule has 0 fully saturated rings. The third-order valence-electron chi connectivity index (χ3n) is 2.12. The topological polar surface area (TPSA) is 75.4 Å². The molecule has 0 spiro atoms. The number of nitro benzene ring substituents is 1. The highest BCUT2D eigenvalue weighted by atomic mass is 19.1. The standard InChI is InChI=1S/C10H12F2N2O3/c11-8-5-7(14(16)17)6-9(12)10(8)13-3-1-2-4-15/h5-6,13,15H,1-4H2. The van der Waals surface area contributed by atoms with Gasteiger partial charge in [0, 0.05) is 13.2 Å². The molecule has 7 heteroatoms. The second kappa shape index (κ2) is 6.09. The zero-order valence-corrected chi connectivity index (χ0v) is 8.95. The Morgan fingerprint density at radius 1 is 1.29 bits per heavy atom. The van der Waals surface area contributed by atoms with Gasteiger partial charge in [0.15, 0.2) is 11.6 Å². The Kier molecular flexibility index (Phi) is 4.77. The van der Waals surface area contributed by atoms with Crippen LogP contribution in [0.4, 0.5) is 20.2 Å². The van der Waals surface area contributed by atoms with Crippen molar-refractivity contribution in [3.63, 3.8) is 0 Å². The fraction of sp³-hybridized carbons (Fsp3) is 0.400. The predicted octanol–water partition coefficient (Wildman–Crippen LogP) is 2.06. The van der Waals surface area contributed by atoms with Crippen LogP contribution in [0.1, 0.15) is 12.8 Å². The monoisotopic (exact) mass is 246 g/mol. The molecule has 1 aromatic rings. The van der Waals surface area contributed by atoms with Crippen LogP contribution < -0.4 is 5.32 Å². The van der Waals surface area contributed by atoms with Gasteiger partial charge in [0.25, 0.3) is 5.69 Å². The molecule has 0 aliphatic carbocycles. The minimum Gasteiger partial charge on any atom is -0.396 e. The van der Waals surface area contributed by atoms with E-state index in [0.717, 1.165) is 0 Å². The van der Waals surface area contributed by atoms with Crippen LogP contribution >= 0.6 is 0 Å². The van der Waals surface area contributed by atoms with Crippen LogP contribution in [0.15, 0.2) is 12.1 Å². The van der Waals surface area contributed by atoms with Crippen molar-refractivity contribution >= 4 is 11.4 Å². The van der Waals surface area contributed by atoms with E-state index >= 15 is 0 Å². The minimum absolute atomic E-state index is 0.00685. The molecule has 0 unspecified atom stereocenters. The molecule has 0 heterocycles. The molecular formula is C10H12F2N2O3. The Bertz CT molecular complexity index is 390. The van der Waals surface area contributed by atoms with Gasteiger partial charge in [-0.3, -0.25) is 10.1 Å². The van der Waals surface area contributed by atoms with E-state index in [4.69, 9.17) is 5.11 Å². The smallest absolute Gasteiger partial charge is 0.275 e. The molecule has 0 aromatic heterocycles. The van der Waals surface area contributed by atoms with Gasteiger partial charge >= 0.3 is 0 Å². The lowest BCUT2D eigenvalue weighted by atomic mass is 10.2. The molecule has 0 aliphatic heterocycles. The molecule has 0 saturated carbocycles. The molecule has 0 radical (unpaired) electrons. The molecule has 17 heavy (non-hydrogen) atoms. The number of nitrogens with one attached hydrogen (secondary N) is 1. The van der Waals surface area contributed by atoms with Crippen LogP contribution in [-0.2, 0) is 0 Å². The Morgan fingerprint density at radius 3 is 2.35 bits per heavy atom. The van der Waals surface area contributed by atoms with Gasteiger partial charge in [-0.25, -0.2) is 8.78 Å². The molecule has 0 bridgehead atoms. The first-order valence-corrected chi connectivity index (χ1v) is 5.04. The number of nitro groups is 1. The van der Waals surface area contributed by atoms with Gasteiger partial charge in [-0.05, 0) is 12.8 Å². The quantitative estimate of drug-likeness (QED) is 0.457. The summed E-state index contributed by atoms with van der Waals surface area (Å²) in [6.45, 7) is 0.291. The van der Waals surface area contributed by atoms with Crippen molar-refractivity contribution in [1.29, 1.82) is 0 Å². The molecule has 1 rings (SSSR count). The first-order chi connectivity index (χ1) is 8.06. The summed E-state index contributed by atoms with van der Waals surface area (Å²) < 4.78 is 26.6. The number of hydrogen-bond acceptors (Lipinski definition) is 4. The molecule has 1 aromatic carbocycles. The van der Waals surface area contributed by atoms with Gasteiger partial charge in [0.2, 0.25) is 0 Å². The Balaban J connectivity index is 2.76. The largest absolute Gasteiger partial charge is 0.396 e. The van der Waals surface area contributed by atoms with E-state index in [0.29, 0.717) is 25.0 Å². The fourth-order valence-electron chi connectivity index (χ4n) is 1.28. The van der Waals surface area contributed by atoms with Crippen LogP contribution in [0.3, 0.4) is 0 Å². The SMILES string of the molecule is O=[N+]([O-])c1cc(F)c(NCCCCO)c(F)c1. The van der Waals surface area contributed by atoms with E-state index < -0.39 is 22.2 Å². The van der Waals surface area contributed by atoms with Gasteiger partial charge < -0.3 is 10.4 Å². The van der Waals surface area contributed by atoms with Crippen LogP contribution in [0.25, 0.3) is 0 Å². The maximum atomic E-state index is 13.3. The van der Waals surface area contributed by atoms with E-state index in [1.165, 1.54) is 0 Å². The maximum Gasteiger partial charge on any atom is 0.275 e. The van der Waals surface area contributed by atoms with E-state index in [1.807, 2.05) is 0 Å². The summed E-state index contributed by atoms with van der Waals surface area (Å²) in [4.78, 5) is 9.48. The number of unbranched alkanes of at least 4 members (excludes halogenated alkanes) is 1. The number of non-ortho nitro benzene ring substituents is 1. The Hall–Kier alpha value is -1.76. The van der Waals surface area contributed by atoms with Gasteiger partial charge in [-0.2, -0.15) is 0 Å². The van der Waals surface area contributed by atoms with E-state index in [-0.39, 0.29) is 18.8 Å². The van der Waals surface area contributed by atoms with Crippen LogP contribution in [0.2, 0.25) is 0 Å². The first-order valence-electron chi connectivity index (χ1n) is 5.04. The summed E-state index contributed by atoms with van der Waals surface area (Å²) in [5, 5.41) is 21.4. The number of halogens is 2. The summed E-state index contributed by atoms with van der Waals surface area (Å²) in [5.74, 6) is -2.00. The van der Waals surface area contributed by atoms with Crippen molar-refractivity contribution in [2.24, 2.45) is 0 Å². The minimum atomic E-state index is -0.999. The van der Waals surface area contributed by atoms with Gasteiger partial charge in [0.1, 0.15) is 5.69 Å². The highest BCUT2D eigenvalue weighted by molar-refractivity contribution is 5.51. The molecule has 0 atom stereocenters. The van der Waals surface area contributed by atoms with Crippen molar-refractivity contribution in [2.75, 3.05) is 18.5 Å². The van der Waals surface area contributed by atoms with Crippen molar-refractivity contribution in [3.8, 4) is 0 Å². The number of benzene rings is 1. The predicted molar refractivity (Wildman–Crippen MR) is 57.8 cm³/mol. The number of aliphatic hydroxyl groups is 1. The van der Waals surface area contributed by atoms with Crippen molar-refractivity contribution in [3.05, 3.63) is 33.9 Å². The summed E-state index contributed by atoms with van der Waals surface area (Å²) >= 11 is 0. The third kappa shape index (κ3) is 3.63. The lowest BCUT2D eigenvalue weighted by molar-refractivity contribution is -0.385. The normalized spacial score (nSPS) is 10.3. The van der Waals surface area contributed by atoms with Crippen molar-refractivity contribution < 1.29 is 18.8 Å². The number of aliphatic hydroxyl groups excluding tert-OH is 1. The average Bonchev–Trinajstić information content (AvgIpc) is 2.26. The Labute approximate surface area is 96.2 Å². The van der Waals surface area contributed by atoms with Gasteiger partial charge in [0.05, 0.1) is 17.1 Å². The number of rotatable bonds is 6. The van der Waals surface area contributed by atoms with Gasteiger partial charge in [-0.1, -0.05) is 0 Å². The molecule has 0 amide bonds. The second-order valence-electron chi connectivity index (χ2n) is 3.40.